The average molecular weight is 319 g/mol. The van der Waals surface area contributed by atoms with Gasteiger partial charge in [-0.05, 0) is 34.8 Å². The maximum Gasteiger partial charge on any atom is 0.443 e. The molecule has 1 aromatic heterocycles. The Bertz CT molecular complexity index is 829. The van der Waals surface area contributed by atoms with Gasteiger partial charge in [0.25, 0.3) is 10.0 Å². The van der Waals surface area contributed by atoms with E-state index in [1.807, 2.05) is 0 Å². The molecule has 7 nitrogen and oxygen atoms in total. The molecule has 0 bridgehead atoms. The van der Waals surface area contributed by atoms with Gasteiger partial charge in [0.15, 0.2) is 0 Å². The Balaban J connectivity index is 2.61. The quantitative estimate of drug-likeness (QED) is 0.835. The highest BCUT2D eigenvalue weighted by atomic mass is 35.5. The third kappa shape index (κ3) is 2.44. The highest BCUT2D eigenvalue weighted by molar-refractivity contribution is 7.89. The second-order valence-electron chi connectivity index (χ2n) is 3.98. The third-order valence-electron chi connectivity index (χ3n) is 2.55. The van der Waals surface area contributed by atoms with Crippen LogP contribution in [0.3, 0.4) is 0 Å². The number of nitrogens with zero attached hydrogens (tertiary/aromatic N) is 2. The summed E-state index contributed by atoms with van der Waals surface area (Å²) in [6, 6.07) is 5.17. The molecule has 0 aliphatic heterocycles. The molecule has 0 aliphatic rings. The molecule has 0 atom stereocenters. The lowest BCUT2D eigenvalue weighted by Crippen LogP contribution is -2.31. The number of rotatable bonds is 4. The molecule has 2 rings (SSSR count). The highest BCUT2D eigenvalue weighted by Crippen LogP contribution is 2.15. The van der Waals surface area contributed by atoms with Crippen LogP contribution in [-0.4, -0.2) is 17.1 Å². The molecule has 0 radical (unpaired) electrons. The Morgan fingerprint density at radius 2 is 1.80 bits per heavy atom. The van der Waals surface area contributed by atoms with Gasteiger partial charge in [-0.1, -0.05) is 18.5 Å². The molecule has 0 N–H and O–H groups in total. The van der Waals surface area contributed by atoms with Gasteiger partial charge >= 0.3 is 11.4 Å². The maximum atomic E-state index is 12.2. The summed E-state index contributed by atoms with van der Waals surface area (Å²) in [5, 5.41) is 0.348. The summed E-state index contributed by atoms with van der Waals surface area (Å²) in [5.74, 6) is -1.01. The number of benzene rings is 1. The van der Waals surface area contributed by atoms with Crippen LogP contribution < -0.4 is 11.4 Å². The van der Waals surface area contributed by atoms with Gasteiger partial charge in [0, 0.05) is 11.6 Å². The fraction of sp³-hybridized carbons (Fsp3) is 0.273. The number of hydrogen-bond acceptors (Lipinski definition) is 5. The SMILES string of the molecule is CCCn1c(=O)on(S(=O)(=O)c2ccc(Cl)cc2)c1=O. The van der Waals surface area contributed by atoms with Crippen LogP contribution in [0, 0.1) is 0 Å². The zero-order valence-corrected chi connectivity index (χ0v) is 12.0. The van der Waals surface area contributed by atoms with E-state index in [0.29, 0.717) is 11.4 Å². The third-order valence-corrected chi connectivity index (χ3v) is 4.33. The fourth-order valence-corrected chi connectivity index (χ4v) is 2.86. The van der Waals surface area contributed by atoms with Crippen molar-refractivity contribution in [1.29, 1.82) is 0 Å². The van der Waals surface area contributed by atoms with E-state index >= 15 is 0 Å². The van der Waals surface area contributed by atoms with E-state index < -0.39 is 21.5 Å². The summed E-state index contributed by atoms with van der Waals surface area (Å²) < 4.78 is 29.8. The van der Waals surface area contributed by atoms with E-state index in [-0.39, 0.29) is 15.6 Å². The number of aromatic nitrogens is 2. The fourth-order valence-electron chi connectivity index (χ4n) is 1.60. The first kappa shape index (κ1) is 14.6. The first-order valence-electron chi connectivity index (χ1n) is 5.72. The van der Waals surface area contributed by atoms with Crippen molar-refractivity contribution < 1.29 is 12.9 Å². The number of hydrogen-bond donors (Lipinski definition) is 0. The topological polar surface area (TPSA) is 91.3 Å². The normalized spacial score (nSPS) is 11.7. The zero-order chi connectivity index (χ0) is 14.9. The standard InChI is InChI=1S/C11H11ClN2O5S/c1-2-7-13-10(15)14(19-11(13)16)20(17,18)9-5-3-8(12)4-6-9/h3-6H,2,7H2,1H3. The van der Waals surface area contributed by atoms with Crippen LogP contribution in [0.5, 0.6) is 0 Å². The largest absolute Gasteiger partial charge is 0.443 e. The molecule has 0 saturated carbocycles. The first-order chi connectivity index (χ1) is 9.37. The molecule has 0 amide bonds. The molecule has 0 spiro atoms. The molecule has 1 heterocycles. The van der Waals surface area contributed by atoms with Crippen molar-refractivity contribution in [3.8, 4) is 0 Å². The summed E-state index contributed by atoms with van der Waals surface area (Å²) >= 11 is 5.67. The van der Waals surface area contributed by atoms with Crippen molar-refractivity contribution in [2.24, 2.45) is 0 Å². The summed E-state index contributed by atoms with van der Waals surface area (Å²) in [6.07, 6.45) is 0.496. The van der Waals surface area contributed by atoms with E-state index in [0.717, 1.165) is 4.57 Å². The van der Waals surface area contributed by atoms with Gasteiger partial charge in [-0.3, -0.25) is 0 Å². The van der Waals surface area contributed by atoms with Crippen molar-refractivity contribution in [3.63, 3.8) is 0 Å². The summed E-state index contributed by atoms with van der Waals surface area (Å²) in [4.78, 5) is 23.2. The second kappa shape index (κ2) is 5.29. The smallest absolute Gasteiger partial charge is 0.301 e. The van der Waals surface area contributed by atoms with E-state index in [1.54, 1.807) is 6.92 Å². The van der Waals surface area contributed by atoms with Crippen LogP contribution in [0.15, 0.2) is 43.3 Å². The van der Waals surface area contributed by atoms with Crippen molar-refractivity contribution >= 4 is 21.6 Å². The van der Waals surface area contributed by atoms with Crippen molar-refractivity contribution in [3.05, 3.63) is 50.3 Å². The van der Waals surface area contributed by atoms with Gasteiger partial charge in [0.2, 0.25) is 0 Å². The molecule has 0 unspecified atom stereocenters. The highest BCUT2D eigenvalue weighted by Gasteiger charge is 2.25. The molecular formula is C11H11ClN2O5S. The van der Waals surface area contributed by atoms with Crippen LogP contribution in [0.25, 0.3) is 0 Å². The van der Waals surface area contributed by atoms with E-state index in [9.17, 15) is 18.0 Å². The van der Waals surface area contributed by atoms with Gasteiger partial charge < -0.3 is 4.52 Å². The minimum absolute atomic E-state index is 0.0876. The van der Waals surface area contributed by atoms with Gasteiger partial charge in [0.1, 0.15) is 0 Å². The van der Waals surface area contributed by atoms with Crippen LogP contribution >= 0.6 is 11.6 Å². The van der Waals surface area contributed by atoms with Crippen molar-refractivity contribution in [1.82, 2.24) is 8.71 Å². The van der Waals surface area contributed by atoms with Crippen LogP contribution in [0.2, 0.25) is 5.02 Å². The van der Waals surface area contributed by atoms with Crippen LogP contribution in [0.1, 0.15) is 13.3 Å². The van der Waals surface area contributed by atoms with Crippen LogP contribution in [-0.2, 0) is 16.6 Å². The molecular weight excluding hydrogens is 308 g/mol. The predicted octanol–water partition coefficient (Wildman–Crippen LogP) is 0.903. The maximum absolute atomic E-state index is 12.2. The molecule has 20 heavy (non-hydrogen) atoms. The predicted molar refractivity (Wildman–Crippen MR) is 71.6 cm³/mol. The van der Waals surface area contributed by atoms with E-state index in [1.165, 1.54) is 24.3 Å². The van der Waals surface area contributed by atoms with Crippen molar-refractivity contribution in [2.75, 3.05) is 0 Å². The van der Waals surface area contributed by atoms with Gasteiger partial charge in [-0.2, -0.15) is 8.42 Å². The second-order valence-corrected chi connectivity index (χ2v) is 6.17. The minimum Gasteiger partial charge on any atom is -0.301 e. The summed E-state index contributed by atoms with van der Waals surface area (Å²) in [7, 11) is -4.25. The molecule has 0 fully saturated rings. The zero-order valence-electron chi connectivity index (χ0n) is 10.4. The Morgan fingerprint density at radius 1 is 1.20 bits per heavy atom. The van der Waals surface area contributed by atoms with E-state index in [2.05, 4.69) is 4.52 Å². The Morgan fingerprint density at radius 3 is 2.35 bits per heavy atom. The Labute approximate surface area is 119 Å². The summed E-state index contributed by atoms with van der Waals surface area (Å²) in [5.41, 5.74) is -1.02. The van der Waals surface area contributed by atoms with Gasteiger partial charge in [-0.15, -0.1) is 0 Å². The Hall–Kier alpha value is -1.80. The lowest BCUT2D eigenvalue weighted by molar-refractivity contribution is 0.330. The van der Waals surface area contributed by atoms with Gasteiger partial charge in [-0.25, -0.2) is 14.2 Å². The first-order valence-corrected chi connectivity index (χ1v) is 7.54. The molecule has 0 aliphatic carbocycles. The monoisotopic (exact) mass is 318 g/mol. The Kier molecular flexibility index (Phi) is 3.87. The van der Waals surface area contributed by atoms with Crippen molar-refractivity contribution in [2.45, 2.75) is 24.8 Å². The van der Waals surface area contributed by atoms with E-state index in [4.69, 9.17) is 11.6 Å². The molecule has 9 heteroatoms. The number of halogens is 1. The molecule has 108 valence electrons. The summed E-state index contributed by atoms with van der Waals surface area (Å²) in [6.45, 7) is 1.83. The average Bonchev–Trinajstić information content (AvgIpc) is 2.68. The lowest BCUT2D eigenvalue weighted by atomic mass is 10.4. The minimum atomic E-state index is -4.25. The molecule has 0 saturated heterocycles. The van der Waals surface area contributed by atoms with Gasteiger partial charge in [0.05, 0.1) is 4.90 Å². The van der Waals surface area contributed by atoms with Crippen LogP contribution in [0.4, 0.5) is 0 Å². The molecule has 2 aromatic rings. The lowest BCUT2D eigenvalue weighted by Gasteiger charge is -2.01. The molecule has 1 aromatic carbocycles.